The third-order valence-corrected chi connectivity index (χ3v) is 5.22. The zero-order valence-electron chi connectivity index (χ0n) is 16.0. The van der Waals surface area contributed by atoms with Crippen molar-refractivity contribution < 1.29 is 13.5 Å². The Hall–Kier alpha value is -2.93. The quantitative estimate of drug-likeness (QED) is 0.646. The zero-order chi connectivity index (χ0) is 20.2. The molecule has 1 saturated heterocycles. The summed E-state index contributed by atoms with van der Waals surface area (Å²) in [5, 5.41) is 0.940. The molecule has 0 spiro atoms. The van der Waals surface area contributed by atoms with Crippen molar-refractivity contribution in [3.63, 3.8) is 0 Å². The van der Waals surface area contributed by atoms with Crippen LogP contribution in [0, 0.1) is 11.6 Å². The standard InChI is InChI=1S/C22H23F2N3O2/c23-19-5-3-17(15-20(19)24)27-11-9-26(10-12-27)8-1-13-29-18-4-6-21-16(14-18)2-7-22(28)25-21/h2-7,14-15H,1,8-13H2,(H,25,28). The maximum absolute atomic E-state index is 13.4. The Morgan fingerprint density at radius 2 is 1.76 bits per heavy atom. The predicted octanol–water partition coefficient (Wildman–Crippen LogP) is 3.40. The molecule has 0 aliphatic carbocycles. The number of piperazine rings is 1. The molecule has 3 aromatic rings. The predicted molar refractivity (Wildman–Crippen MR) is 110 cm³/mol. The zero-order valence-corrected chi connectivity index (χ0v) is 16.0. The first kappa shape index (κ1) is 19.4. The van der Waals surface area contributed by atoms with E-state index >= 15 is 0 Å². The SMILES string of the molecule is O=c1ccc2cc(OCCCN3CCN(c4ccc(F)c(F)c4)CC3)ccc2[nH]1. The second-order valence-corrected chi connectivity index (χ2v) is 7.20. The summed E-state index contributed by atoms with van der Waals surface area (Å²) in [6.07, 6.45) is 0.898. The van der Waals surface area contributed by atoms with Gasteiger partial charge in [0.1, 0.15) is 5.75 Å². The molecule has 7 heteroatoms. The van der Waals surface area contributed by atoms with Crippen molar-refractivity contribution in [3.05, 3.63) is 70.5 Å². The van der Waals surface area contributed by atoms with Crippen LogP contribution in [-0.4, -0.2) is 49.2 Å². The van der Waals surface area contributed by atoms with Gasteiger partial charge in [0, 0.05) is 61.4 Å². The highest BCUT2D eigenvalue weighted by Gasteiger charge is 2.18. The van der Waals surface area contributed by atoms with Crippen LogP contribution in [0.1, 0.15) is 6.42 Å². The van der Waals surface area contributed by atoms with Crippen LogP contribution in [0.3, 0.4) is 0 Å². The number of H-pyrrole nitrogens is 1. The molecule has 1 aliphatic rings. The number of anilines is 1. The van der Waals surface area contributed by atoms with Crippen molar-refractivity contribution in [2.24, 2.45) is 0 Å². The van der Waals surface area contributed by atoms with Crippen LogP contribution in [0.5, 0.6) is 5.75 Å². The van der Waals surface area contributed by atoms with E-state index in [1.54, 1.807) is 12.1 Å². The summed E-state index contributed by atoms with van der Waals surface area (Å²) in [7, 11) is 0. The van der Waals surface area contributed by atoms with Crippen LogP contribution in [0.4, 0.5) is 14.5 Å². The minimum Gasteiger partial charge on any atom is -0.494 e. The fourth-order valence-electron chi connectivity index (χ4n) is 3.61. The van der Waals surface area contributed by atoms with Crippen LogP contribution < -0.4 is 15.2 Å². The summed E-state index contributed by atoms with van der Waals surface area (Å²) in [5.74, 6) is -0.832. The normalized spacial score (nSPS) is 15.0. The highest BCUT2D eigenvalue weighted by molar-refractivity contribution is 5.79. The molecule has 2 heterocycles. The van der Waals surface area contributed by atoms with Crippen molar-refractivity contribution in [3.8, 4) is 5.75 Å². The molecule has 4 rings (SSSR count). The second-order valence-electron chi connectivity index (χ2n) is 7.20. The number of halogens is 2. The molecular formula is C22H23F2N3O2. The number of nitrogens with zero attached hydrogens (tertiary/aromatic N) is 2. The number of aromatic amines is 1. The van der Waals surface area contributed by atoms with E-state index in [2.05, 4.69) is 14.8 Å². The van der Waals surface area contributed by atoms with Gasteiger partial charge in [-0.2, -0.15) is 0 Å². The molecule has 1 fully saturated rings. The van der Waals surface area contributed by atoms with E-state index in [-0.39, 0.29) is 5.56 Å². The smallest absolute Gasteiger partial charge is 0.248 e. The maximum Gasteiger partial charge on any atom is 0.248 e. The highest BCUT2D eigenvalue weighted by atomic mass is 19.2. The lowest BCUT2D eigenvalue weighted by atomic mass is 10.2. The van der Waals surface area contributed by atoms with Crippen molar-refractivity contribution in [2.45, 2.75) is 6.42 Å². The van der Waals surface area contributed by atoms with Gasteiger partial charge in [0.2, 0.25) is 5.56 Å². The van der Waals surface area contributed by atoms with E-state index in [1.807, 2.05) is 18.2 Å². The average Bonchev–Trinajstić information content (AvgIpc) is 2.74. The van der Waals surface area contributed by atoms with E-state index in [4.69, 9.17) is 4.74 Å². The van der Waals surface area contributed by atoms with E-state index in [9.17, 15) is 13.6 Å². The molecule has 152 valence electrons. The molecule has 0 radical (unpaired) electrons. The fourth-order valence-corrected chi connectivity index (χ4v) is 3.61. The Kier molecular flexibility index (Phi) is 5.76. The molecular weight excluding hydrogens is 376 g/mol. The van der Waals surface area contributed by atoms with Gasteiger partial charge in [0.15, 0.2) is 11.6 Å². The lowest BCUT2D eigenvalue weighted by molar-refractivity contribution is 0.225. The largest absolute Gasteiger partial charge is 0.494 e. The molecule has 0 atom stereocenters. The molecule has 1 aromatic heterocycles. The average molecular weight is 399 g/mol. The lowest BCUT2D eigenvalue weighted by Crippen LogP contribution is -2.46. The summed E-state index contributed by atoms with van der Waals surface area (Å²) in [5.41, 5.74) is 1.41. The summed E-state index contributed by atoms with van der Waals surface area (Å²) in [4.78, 5) is 18.6. The van der Waals surface area contributed by atoms with Crippen LogP contribution in [0.15, 0.2) is 53.3 Å². The number of aromatic nitrogens is 1. The van der Waals surface area contributed by atoms with Gasteiger partial charge in [-0.15, -0.1) is 0 Å². The number of benzene rings is 2. The van der Waals surface area contributed by atoms with Crippen molar-refractivity contribution in [1.82, 2.24) is 9.88 Å². The summed E-state index contributed by atoms with van der Waals surface area (Å²) in [6.45, 7) is 4.86. The van der Waals surface area contributed by atoms with Gasteiger partial charge in [-0.1, -0.05) is 0 Å². The Labute approximate surface area is 167 Å². The molecule has 2 aromatic carbocycles. The summed E-state index contributed by atoms with van der Waals surface area (Å²) in [6, 6.07) is 13.0. The minimum atomic E-state index is -0.813. The topological polar surface area (TPSA) is 48.6 Å². The first-order chi connectivity index (χ1) is 14.1. The molecule has 1 aliphatic heterocycles. The van der Waals surface area contributed by atoms with Crippen molar-refractivity contribution >= 4 is 16.6 Å². The molecule has 5 nitrogen and oxygen atoms in total. The number of rotatable bonds is 6. The van der Waals surface area contributed by atoms with E-state index < -0.39 is 11.6 Å². The molecule has 0 unspecified atom stereocenters. The maximum atomic E-state index is 13.4. The van der Waals surface area contributed by atoms with Crippen LogP contribution in [0.2, 0.25) is 0 Å². The van der Waals surface area contributed by atoms with Gasteiger partial charge in [-0.05, 0) is 42.8 Å². The van der Waals surface area contributed by atoms with Crippen LogP contribution in [0.25, 0.3) is 10.9 Å². The van der Waals surface area contributed by atoms with Gasteiger partial charge in [-0.3, -0.25) is 9.69 Å². The third-order valence-electron chi connectivity index (χ3n) is 5.22. The Morgan fingerprint density at radius 1 is 0.931 bits per heavy atom. The Morgan fingerprint density at radius 3 is 2.55 bits per heavy atom. The monoisotopic (exact) mass is 399 g/mol. The third kappa shape index (κ3) is 4.74. The van der Waals surface area contributed by atoms with E-state index in [1.165, 1.54) is 18.2 Å². The summed E-state index contributed by atoms with van der Waals surface area (Å²) >= 11 is 0. The number of hydrogen-bond donors (Lipinski definition) is 1. The van der Waals surface area contributed by atoms with Gasteiger partial charge in [-0.25, -0.2) is 8.78 Å². The molecule has 0 amide bonds. The number of fused-ring (bicyclic) bond motifs is 1. The van der Waals surface area contributed by atoms with Crippen LogP contribution in [-0.2, 0) is 0 Å². The molecule has 1 N–H and O–H groups in total. The first-order valence-corrected chi connectivity index (χ1v) is 9.77. The van der Waals surface area contributed by atoms with Crippen molar-refractivity contribution in [2.75, 3.05) is 44.2 Å². The fraction of sp³-hybridized carbons (Fsp3) is 0.318. The lowest BCUT2D eigenvalue weighted by Gasteiger charge is -2.36. The number of ether oxygens (including phenoxy) is 1. The Bertz CT molecular complexity index is 1050. The van der Waals surface area contributed by atoms with Gasteiger partial charge < -0.3 is 14.6 Å². The molecule has 29 heavy (non-hydrogen) atoms. The second kappa shape index (κ2) is 8.61. The highest BCUT2D eigenvalue weighted by Crippen LogP contribution is 2.20. The number of nitrogens with one attached hydrogen (secondary N) is 1. The van der Waals surface area contributed by atoms with E-state index in [0.29, 0.717) is 6.61 Å². The van der Waals surface area contributed by atoms with Crippen LogP contribution >= 0.6 is 0 Å². The molecule has 0 saturated carbocycles. The first-order valence-electron chi connectivity index (χ1n) is 9.77. The van der Waals surface area contributed by atoms with Gasteiger partial charge >= 0.3 is 0 Å². The van der Waals surface area contributed by atoms with Crippen molar-refractivity contribution in [1.29, 1.82) is 0 Å². The minimum absolute atomic E-state index is 0.115. The molecule has 0 bridgehead atoms. The summed E-state index contributed by atoms with van der Waals surface area (Å²) < 4.78 is 32.4. The number of pyridine rings is 1. The Balaban J connectivity index is 1.21. The number of hydrogen-bond acceptors (Lipinski definition) is 4. The van der Waals surface area contributed by atoms with E-state index in [0.717, 1.165) is 61.5 Å². The van der Waals surface area contributed by atoms with Gasteiger partial charge in [0.05, 0.1) is 6.61 Å². The van der Waals surface area contributed by atoms with Gasteiger partial charge in [0.25, 0.3) is 0 Å².